The molecule has 0 aliphatic carbocycles. The van der Waals surface area contributed by atoms with E-state index in [1.807, 2.05) is 0 Å². The zero-order valence-electron chi connectivity index (χ0n) is 5.96. The maximum atomic E-state index is 5.61. The van der Waals surface area contributed by atoms with E-state index in [2.05, 4.69) is 11.6 Å². The fourth-order valence-electron chi connectivity index (χ4n) is 0.592. The Morgan fingerprint density at radius 2 is 2.45 bits per heavy atom. The van der Waals surface area contributed by atoms with E-state index in [9.17, 15) is 0 Å². The third-order valence-corrected chi connectivity index (χ3v) is 1.27. The molecule has 0 aliphatic heterocycles. The van der Waals surface area contributed by atoms with Gasteiger partial charge in [0.15, 0.2) is 0 Å². The summed E-state index contributed by atoms with van der Waals surface area (Å²) in [6.07, 6.45) is 3.20. The SMILES string of the molecule is C=CCOc1ccc(Cl)cn1. The van der Waals surface area contributed by atoms with Gasteiger partial charge in [-0.3, -0.25) is 0 Å². The summed E-state index contributed by atoms with van der Waals surface area (Å²) in [6.45, 7) is 3.98. The van der Waals surface area contributed by atoms with E-state index in [1.165, 1.54) is 0 Å². The van der Waals surface area contributed by atoms with Gasteiger partial charge >= 0.3 is 0 Å². The van der Waals surface area contributed by atoms with E-state index in [0.29, 0.717) is 17.5 Å². The molecule has 0 bridgehead atoms. The predicted octanol–water partition coefficient (Wildman–Crippen LogP) is 2.30. The Morgan fingerprint density at radius 3 is 3.00 bits per heavy atom. The molecule has 0 atom stereocenters. The van der Waals surface area contributed by atoms with Gasteiger partial charge in [0.05, 0.1) is 5.02 Å². The number of aromatic nitrogens is 1. The van der Waals surface area contributed by atoms with Crippen LogP contribution in [0.5, 0.6) is 5.88 Å². The van der Waals surface area contributed by atoms with Crippen molar-refractivity contribution in [3.8, 4) is 5.88 Å². The molecular formula is C8H8ClNO. The molecule has 3 heteroatoms. The Balaban J connectivity index is 2.58. The van der Waals surface area contributed by atoms with Crippen molar-refractivity contribution in [3.63, 3.8) is 0 Å². The van der Waals surface area contributed by atoms with Gasteiger partial charge in [-0.2, -0.15) is 0 Å². The molecule has 0 radical (unpaired) electrons. The molecule has 0 spiro atoms. The Bertz CT molecular complexity index is 232. The summed E-state index contributed by atoms with van der Waals surface area (Å²) >= 11 is 5.61. The number of hydrogen-bond acceptors (Lipinski definition) is 2. The lowest BCUT2D eigenvalue weighted by molar-refractivity contribution is 0.349. The van der Waals surface area contributed by atoms with Crippen molar-refractivity contribution in [1.29, 1.82) is 0 Å². The van der Waals surface area contributed by atoms with Crippen molar-refractivity contribution in [2.45, 2.75) is 0 Å². The Morgan fingerprint density at radius 1 is 1.64 bits per heavy atom. The third kappa shape index (κ3) is 2.60. The maximum Gasteiger partial charge on any atom is 0.213 e. The highest BCUT2D eigenvalue weighted by Gasteiger charge is 1.91. The Labute approximate surface area is 70.5 Å². The van der Waals surface area contributed by atoms with Crippen molar-refractivity contribution < 1.29 is 4.74 Å². The van der Waals surface area contributed by atoms with E-state index in [-0.39, 0.29) is 0 Å². The number of hydrogen-bond donors (Lipinski definition) is 0. The van der Waals surface area contributed by atoms with Crippen LogP contribution in [0.3, 0.4) is 0 Å². The molecule has 58 valence electrons. The van der Waals surface area contributed by atoms with Gasteiger partial charge < -0.3 is 4.74 Å². The molecule has 0 N–H and O–H groups in total. The lowest BCUT2D eigenvalue weighted by Gasteiger charge is -1.99. The molecule has 1 heterocycles. The van der Waals surface area contributed by atoms with Crippen LogP contribution in [0.4, 0.5) is 0 Å². The van der Waals surface area contributed by atoms with Crippen LogP contribution in [-0.4, -0.2) is 11.6 Å². The molecule has 0 unspecified atom stereocenters. The van der Waals surface area contributed by atoms with Gasteiger partial charge in [0, 0.05) is 12.3 Å². The van der Waals surface area contributed by atoms with Gasteiger partial charge in [-0.15, -0.1) is 0 Å². The monoisotopic (exact) mass is 169 g/mol. The topological polar surface area (TPSA) is 22.1 Å². The largest absolute Gasteiger partial charge is 0.473 e. The van der Waals surface area contributed by atoms with Crippen molar-refractivity contribution in [1.82, 2.24) is 4.98 Å². The van der Waals surface area contributed by atoms with Crippen molar-refractivity contribution in [3.05, 3.63) is 36.0 Å². The highest BCUT2D eigenvalue weighted by molar-refractivity contribution is 6.30. The highest BCUT2D eigenvalue weighted by atomic mass is 35.5. The third-order valence-electron chi connectivity index (χ3n) is 1.05. The van der Waals surface area contributed by atoms with Crippen LogP contribution >= 0.6 is 11.6 Å². The van der Waals surface area contributed by atoms with Crippen LogP contribution in [-0.2, 0) is 0 Å². The average molecular weight is 170 g/mol. The van der Waals surface area contributed by atoms with Crippen LogP contribution in [0.1, 0.15) is 0 Å². The van der Waals surface area contributed by atoms with E-state index in [1.54, 1.807) is 24.4 Å². The van der Waals surface area contributed by atoms with Crippen molar-refractivity contribution in [2.75, 3.05) is 6.61 Å². The smallest absolute Gasteiger partial charge is 0.213 e. The van der Waals surface area contributed by atoms with E-state index >= 15 is 0 Å². The second kappa shape index (κ2) is 3.98. The predicted molar refractivity (Wildman–Crippen MR) is 44.9 cm³/mol. The quantitative estimate of drug-likeness (QED) is 0.648. The van der Waals surface area contributed by atoms with Crippen LogP contribution in [0.25, 0.3) is 0 Å². The first-order valence-corrected chi connectivity index (χ1v) is 3.56. The molecule has 0 amide bonds. The molecule has 0 fully saturated rings. The molecule has 0 aromatic carbocycles. The van der Waals surface area contributed by atoms with Gasteiger partial charge in [0.1, 0.15) is 6.61 Å². The molecule has 11 heavy (non-hydrogen) atoms. The van der Waals surface area contributed by atoms with Crippen LogP contribution in [0.15, 0.2) is 31.0 Å². The van der Waals surface area contributed by atoms with Gasteiger partial charge in [0.25, 0.3) is 0 Å². The van der Waals surface area contributed by atoms with Crippen LogP contribution in [0.2, 0.25) is 5.02 Å². The second-order valence-electron chi connectivity index (χ2n) is 1.91. The first-order valence-electron chi connectivity index (χ1n) is 3.18. The first kappa shape index (κ1) is 8.08. The minimum Gasteiger partial charge on any atom is -0.473 e. The van der Waals surface area contributed by atoms with Gasteiger partial charge in [0.2, 0.25) is 5.88 Å². The van der Waals surface area contributed by atoms with Crippen LogP contribution < -0.4 is 4.74 Å². The number of ether oxygens (including phenoxy) is 1. The number of rotatable bonds is 3. The minimum atomic E-state index is 0.467. The summed E-state index contributed by atoms with van der Waals surface area (Å²) in [6, 6.07) is 3.44. The molecule has 1 aromatic heterocycles. The summed E-state index contributed by atoms with van der Waals surface area (Å²) in [5.41, 5.74) is 0. The normalized spacial score (nSPS) is 9.18. The fourth-order valence-corrected chi connectivity index (χ4v) is 0.704. The molecule has 0 saturated carbocycles. The maximum absolute atomic E-state index is 5.61. The summed E-state index contributed by atoms with van der Waals surface area (Å²) in [7, 11) is 0. The zero-order valence-corrected chi connectivity index (χ0v) is 6.71. The number of nitrogens with zero attached hydrogens (tertiary/aromatic N) is 1. The minimum absolute atomic E-state index is 0.467. The van der Waals surface area contributed by atoms with E-state index in [4.69, 9.17) is 16.3 Å². The molecule has 0 aliphatic rings. The molecule has 0 saturated heterocycles. The Kier molecular flexibility index (Phi) is 2.93. The molecular weight excluding hydrogens is 162 g/mol. The fraction of sp³-hybridized carbons (Fsp3) is 0.125. The van der Waals surface area contributed by atoms with Crippen LogP contribution in [0, 0.1) is 0 Å². The molecule has 1 aromatic rings. The Hall–Kier alpha value is -1.02. The van der Waals surface area contributed by atoms with Gasteiger partial charge in [-0.1, -0.05) is 24.3 Å². The summed E-state index contributed by atoms with van der Waals surface area (Å²) in [5, 5.41) is 0.607. The summed E-state index contributed by atoms with van der Waals surface area (Å²) < 4.78 is 5.12. The van der Waals surface area contributed by atoms with Crippen molar-refractivity contribution in [2.24, 2.45) is 0 Å². The molecule has 1 rings (SSSR count). The lowest BCUT2D eigenvalue weighted by Crippen LogP contribution is -1.94. The number of pyridine rings is 1. The second-order valence-corrected chi connectivity index (χ2v) is 2.35. The van der Waals surface area contributed by atoms with Crippen molar-refractivity contribution >= 4 is 11.6 Å². The van der Waals surface area contributed by atoms with E-state index in [0.717, 1.165) is 0 Å². The number of halogens is 1. The standard InChI is InChI=1S/C8H8ClNO/c1-2-5-11-8-4-3-7(9)6-10-8/h2-4,6H,1,5H2. The lowest BCUT2D eigenvalue weighted by atomic mass is 10.5. The average Bonchev–Trinajstić information content (AvgIpc) is 2.04. The van der Waals surface area contributed by atoms with E-state index < -0.39 is 0 Å². The van der Waals surface area contributed by atoms with Gasteiger partial charge in [-0.25, -0.2) is 4.98 Å². The molecule has 2 nitrogen and oxygen atoms in total. The zero-order chi connectivity index (χ0) is 8.10. The summed E-state index contributed by atoms with van der Waals surface area (Å²) in [4.78, 5) is 3.91. The first-order chi connectivity index (χ1) is 5.33. The summed E-state index contributed by atoms with van der Waals surface area (Å²) in [5.74, 6) is 0.564. The highest BCUT2D eigenvalue weighted by Crippen LogP contribution is 2.10. The van der Waals surface area contributed by atoms with Gasteiger partial charge in [-0.05, 0) is 6.07 Å².